The summed E-state index contributed by atoms with van der Waals surface area (Å²) in [5.41, 5.74) is 2.01. The van der Waals surface area contributed by atoms with E-state index in [-0.39, 0.29) is 11.9 Å². The second-order valence-electron chi connectivity index (χ2n) is 6.28. The highest BCUT2D eigenvalue weighted by molar-refractivity contribution is 5.58. The molecule has 1 aliphatic heterocycles. The summed E-state index contributed by atoms with van der Waals surface area (Å²) in [5.74, 6) is 0.612. The van der Waals surface area contributed by atoms with E-state index < -0.39 is 0 Å². The number of halogens is 1. The lowest BCUT2D eigenvalue weighted by Crippen LogP contribution is -2.46. The second-order valence-corrected chi connectivity index (χ2v) is 6.28. The standard InChI is InChI=1S/C19H24FN3O/c1-14(15-10-16(20)12-21-11-15)22-17-6-5-9-23(13-17)18-7-3-4-8-19(18)24-2/h3-4,7-8,10-12,14,17,22H,5-6,9,13H2,1-2H3/t14-,17-/m1/s1. The van der Waals surface area contributed by atoms with E-state index in [9.17, 15) is 4.39 Å². The minimum atomic E-state index is -0.291. The number of benzene rings is 1. The summed E-state index contributed by atoms with van der Waals surface area (Å²) in [6.45, 7) is 3.99. The second kappa shape index (κ2) is 7.62. The first kappa shape index (κ1) is 16.7. The predicted molar refractivity (Wildman–Crippen MR) is 94.0 cm³/mol. The first-order valence-corrected chi connectivity index (χ1v) is 8.42. The molecule has 4 nitrogen and oxygen atoms in total. The fourth-order valence-corrected chi connectivity index (χ4v) is 3.34. The summed E-state index contributed by atoms with van der Waals surface area (Å²) in [4.78, 5) is 6.30. The van der Waals surface area contributed by atoms with E-state index in [1.165, 1.54) is 6.20 Å². The highest BCUT2D eigenvalue weighted by atomic mass is 19.1. The molecule has 2 heterocycles. The highest BCUT2D eigenvalue weighted by Gasteiger charge is 2.23. The Balaban J connectivity index is 1.67. The molecular weight excluding hydrogens is 305 g/mol. The van der Waals surface area contributed by atoms with Gasteiger partial charge in [-0.3, -0.25) is 4.98 Å². The summed E-state index contributed by atoms with van der Waals surface area (Å²) < 4.78 is 18.8. The van der Waals surface area contributed by atoms with Gasteiger partial charge in [0.15, 0.2) is 0 Å². The van der Waals surface area contributed by atoms with Gasteiger partial charge in [-0.1, -0.05) is 12.1 Å². The Morgan fingerprint density at radius 2 is 2.17 bits per heavy atom. The number of ether oxygens (including phenoxy) is 1. The lowest BCUT2D eigenvalue weighted by Gasteiger charge is -2.36. The first-order valence-electron chi connectivity index (χ1n) is 8.42. The number of nitrogens with one attached hydrogen (secondary N) is 1. The molecule has 0 spiro atoms. The van der Waals surface area contributed by atoms with Gasteiger partial charge in [0.1, 0.15) is 11.6 Å². The lowest BCUT2D eigenvalue weighted by atomic mass is 10.0. The predicted octanol–water partition coefficient (Wildman–Crippen LogP) is 3.55. The molecule has 1 fully saturated rings. The van der Waals surface area contributed by atoms with Crippen LogP contribution in [-0.2, 0) is 0 Å². The first-order chi connectivity index (χ1) is 11.7. The van der Waals surface area contributed by atoms with E-state index in [0.29, 0.717) is 6.04 Å². The van der Waals surface area contributed by atoms with E-state index in [2.05, 4.69) is 28.2 Å². The van der Waals surface area contributed by atoms with Crippen LogP contribution in [0, 0.1) is 5.82 Å². The van der Waals surface area contributed by atoms with Crippen LogP contribution in [0.3, 0.4) is 0 Å². The van der Waals surface area contributed by atoms with Gasteiger partial charge in [0.2, 0.25) is 0 Å². The summed E-state index contributed by atoms with van der Waals surface area (Å²) in [6.07, 6.45) is 5.18. The molecule has 1 aliphatic rings. The topological polar surface area (TPSA) is 37.4 Å². The monoisotopic (exact) mass is 329 g/mol. The number of hydrogen-bond acceptors (Lipinski definition) is 4. The van der Waals surface area contributed by atoms with Crippen molar-refractivity contribution in [2.75, 3.05) is 25.1 Å². The van der Waals surface area contributed by atoms with Gasteiger partial charge < -0.3 is 15.0 Å². The maximum absolute atomic E-state index is 13.4. The highest BCUT2D eigenvalue weighted by Crippen LogP contribution is 2.30. The molecule has 1 aromatic heterocycles. The van der Waals surface area contributed by atoms with E-state index in [0.717, 1.165) is 42.9 Å². The molecule has 0 amide bonds. The van der Waals surface area contributed by atoms with Gasteiger partial charge in [-0.25, -0.2) is 4.39 Å². The van der Waals surface area contributed by atoms with Crippen LogP contribution in [0.2, 0.25) is 0 Å². The van der Waals surface area contributed by atoms with Gasteiger partial charge in [-0.2, -0.15) is 0 Å². The summed E-state index contributed by atoms with van der Waals surface area (Å²) >= 11 is 0. The zero-order valence-electron chi connectivity index (χ0n) is 14.2. The number of nitrogens with zero attached hydrogens (tertiary/aromatic N) is 2. The van der Waals surface area contributed by atoms with Crippen molar-refractivity contribution in [1.82, 2.24) is 10.3 Å². The molecule has 0 unspecified atom stereocenters. The van der Waals surface area contributed by atoms with E-state index in [1.807, 2.05) is 18.2 Å². The van der Waals surface area contributed by atoms with Crippen LogP contribution < -0.4 is 15.0 Å². The number of piperidine rings is 1. The molecular formula is C19H24FN3O. The van der Waals surface area contributed by atoms with Crippen LogP contribution in [0.15, 0.2) is 42.7 Å². The molecule has 2 aromatic rings. The average Bonchev–Trinajstić information content (AvgIpc) is 2.62. The van der Waals surface area contributed by atoms with Gasteiger partial charge in [0.25, 0.3) is 0 Å². The van der Waals surface area contributed by atoms with Gasteiger partial charge in [0.05, 0.1) is 19.0 Å². The maximum atomic E-state index is 13.4. The normalized spacial score (nSPS) is 19.1. The Hall–Kier alpha value is -2.14. The Bertz CT molecular complexity index is 679. The maximum Gasteiger partial charge on any atom is 0.142 e. The molecule has 3 rings (SSSR count). The van der Waals surface area contributed by atoms with E-state index >= 15 is 0 Å². The Morgan fingerprint density at radius 3 is 2.96 bits per heavy atom. The SMILES string of the molecule is COc1ccccc1N1CCC[C@@H](N[C@H](C)c2cncc(F)c2)C1. The third-order valence-corrected chi connectivity index (χ3v) is 4.56. The van der Waals surface area contributed by atoms with Crippen LogP contribution in [0.5, 0.6) is 5.75 Å². The Kier molecular flexibility index (Phi) is 5.30. The van der Waals surface area contributed by atoms with Crippen molar-refractivity contribution in [1.29, 1.82) is 0 Å². The quantitative estimate of drug-likeness (QED) is 0.910. The number of methoxy groups -OCH3 is 1. The van der Waals surface area contributed by atoms with Crippen molar-refractivity contribution in [3.63, 3.8) is 0 Å². The largest absolute Gasteiger partial charge is 0.495 e. The van der Waals surface area contributed by atoms with Crippen LogP contribution >= 0.6 is 0 Å². The van der Waals surface area contributed by atoms with Crippen LogP contribution in [-0.4, -0.2) is 31.2 Å². The molecule has 0 aliphatic carbocycles. The molecule has 0 saturated carbocycles. The minimum Gasteiger partial charge on any atom is -0.495 e. The molecule has 2 atom stereocenters. The van der Waals surface area contributed by atoms with Gasteiger partial charge >= 0.3 is 0 Å². The van der Waals surface area contributed by atoms with Crippen molar-refractivity contribution in [3.8, 4) is 5.75 Å². The van der Waals surface area contributed by atoms with Crippen molar-refractivity contribution < 1.29 is 9.13 Å². The summed E-state index contributed by atoms with van der Waals surface area (Å²) in [6, 6.07) is 10.1. The Morgan fingerprint density at radius 1 is 1.33 bits per heavy atom. The zero-order valence-corrected chi connectivity index (χ0v) is 14.2. The van der Waals surface area contributed by atoms with E-state index in [4.69, 9.17) is 4.74 Å². The molecule has 1 saturated heterocycles. The van der Waals surface area contributed by atoms with Crippen molar-refractivity contribution in [2.24, 2.45) is 0 Å². The van der Waals surface area contributed by atoms with E-state index in [1.54, 1.807) is 19.4 Å². The van der Waals surface area contributed by atoms with Crippen molar-refractivity contribution in [2.45, 2.75) is 31.8 Å². The number of rotatable bonds is 5. The fraction of sp³-hybridized carbons (Fsp3) is 0.421. The number of anilines is 1. The van der Waals surface area contributed by atoms with Gasteiger partial charge in [0, 0.05) is 31.4 Å². The summed E-state index contributed by atoms with van der Waals surface area (Å²) in [5, 5.41) is 3.61. The average molecular weight is 329 g/mol. The fourth-order valence-electron chi connectivity index (χ4n) is 3.34. The third kappa shape index (κ3) is 3.85. The van der Waals surface area contributed by atoms with Crippen LogP contribution in [0.1, 0.15) is 31.4 Å². The molecule has 1 aromatic carbocycles. The zero-order chi connectivity index (χ0) is 16.9. The van der Waals surface area contributed by atoms with Crippen LogP contribution in [0.25, 0.3) is 0 Å². The number of aromatic nitrogens is 1. The van der Waals surface area contributed by atoms with Crippen molar-refractivity contribution >= 4 is 5.69 Å². The lowest BCUT2D eigenvalue weighted by molar-refractivity contribution is 0.380. The smallest absolute Gasteiger partial charge is 0.142 e. The van der Waals surface area contributed by atoms with Gasteiger partial charge in [-0.05, 0) is 43.5 Å². The molecule has 128 valence electrons. The van der Waals surface area contributed by atoms with Gasteiger partial charge in [-0.15, -0.1) is 0 Å². The molecule has 24 heavy (non-hydrogen) atoms. The minimum absolute atomic E-state index is 0.0656. The molecule has 0 radical (unpaired) electrons. The molecule has 0 bridgehead atoms. The molecule has 1 N–H and O–H groups in total. The summed E-state index contributed by atoms with van der Waals surface area (Å²) in [7, 11) is 1.71. The molecule has 5 heteroatoms. The number of pyridine rings is 1. The third-order valence-electron chi connectivity index (χ3n) is 4.56. The van der Waals surface area contributed by atoms with Crippen molar-refractivity contribution in [3.05, 3.63) is 54.1 Å². The Labute approximate surface area is 142 Å². The van der Waals surface area contributed by atoms with Crippen LogP contribution in [0.4, 0.5) is 10.1 Å². The number of para-hydroxylation sites is 2. The number of hydrogen-bond donors (Lipinski definition) is 1.